The van der Waals surface area contributed by atoms with Gasteiger partial charge in [-0.25, -0.2) is 4.99 Å². The molecule has 0 radical (unpaired) electrons. The molecule has 2 aromatic rings. The Morgan fingerprint density at radius 2 is 1.47 bits per heavy atom. The molecule has 1 N–H and O–H groups in total. The third-order valence-electron chi connectivity index (χ3n) is 6.71. The lowest BCUT2D eigenvalue weighted by atomic mass is 9.95. The van der Waals surface area contributed by atoms with Crippen LogP contribution in [0.15, 0.2) is 58.5 Å². The van der Waals surface area contributed by atoms with E-state index in [-0.39, 0.29) is 0 Å². The van der Waals surface area contributed by atoms with Gasteiger partial charge in [-0.05, 0) is 52.8 Å². The van der Waals surface area contributed by atoms with Crippen molar-refractivity contribution in [1.29, 1.82) is 0 Å². The first kappa shape index (κ1) is 30.6. The van der Waals surface area contributed by atoms with E-state index >= 15 is 0 Å². The molecule has 0 bridgehead atoms. The second-order valence-corrected chi connectivity index (χ2v) is 14.4. The summed E-state index contributed by atoms with van der Waals surface area (Å²) in [6.07, 6.45) is 0. The average molecular weight is 553 g/mol. The number of anilines is 1. The molecule has 2 heterocycles. The van der Waals surface area contributed by atoms with Crippen LogP contribution in [0.4, 0.5) is 11.4 Å². The first-order chi connectivity index (χ1) is 17.9. The van der Waals surface area contributed by atoms with Crippen molar-refractivity contribution in [1.82, 2.24) is 4.90 Å². The molecule has 0 unspecified atom stereocenters. The van der Waals surface area contributed by atoms with Crippen LogP contribution in [0.1, 0.15) is 85.3 Å². The Balaban J connectivity index is 0.000000212. The number of hydrogen-bond acceptors (Lipinski definition) is 5. The van der Waals surface area contributed by atoms with Crippen molar-refractivity contribution in [2.75, 3.05) is 36.5 Å². The molecule has 0 aliphatic carbocycles. The van der Waals surface area contributed by atoms with Crippen LogP contribution in [0.5, 0.6) is 0 Å². The minimum absolute atomic E-state index is 0.327. The molecule has 208 valence electrons. The third-order valence-corrected chi connectivity index (χ3v) is 9.68. The van der Waals surface area contributed by atoms with Gasteiger partial charge in [0.25, 0.3) is 0 Å². The molecular formula is C32H48N4S2. The van der Waals surface area contributed by atoms with Gasteiger partial charge in [-0.1, -0.05) is 115 Å². The van der Waals surface area contributed by atoms with Crippen molar-refractivity contribution in [3.8, 4) is 0 Å². The highest BCUT2D eigenvalue weighted by molar-refractivity contribution is 8.14. The van der Waals surface area contributed by atoms with Gasteiger partial charge >= 0.3 is 0 Å². The maximum atomic E-state index is 4.96. The van der Waals surface area contributed by atoms with Gasteiger partial charge < -0.3 is 10.2 Å². The predicted molar refractivity (Wildman–Crippen MR) is 174 cm³/mol. The number of nitrogens with zero attached hydrogens (tertiary/aromatic N) is 3. The van der Waals surface area contributed by atoms with Gasteiger partial charge in [-0.15, -0.1) is 0 Å². The number of aliphatic imine (C=N–C) groups is 2. The summed E-state index contributed by atoms with van der Waals surface area (Å²) in [5, 5.41) is 5.72. The topological polar surface area (TPSA) is 40.0 Å². The zero-order chi connectivity index (χ0) is 27.9. The van der Waals surface area contributed by atoms with E-state index in [0.717, 1.165) is 42.0 Å². The quantitative estimate of drug-likeness (QED) is 0.401. The number of rotatable bonds is 5. The monoisotopic (exact) mass is 552 g/mol. The standard InChI is InChI=1S/C17H26N2S.C15H22N2S/c1-6-19-11-17(4,5)12-20-16(19)18-15-10-8-7-9-14(15)13(2)3;1-11(2)12-7-5-6-8-13(12)17-14-16-9-15(3,4)10-18-14/h7-10,13H,6,11-12H2,1-5H3;5-8,11H,9-10H2,1-4H3,(H,16,17). The Morgan fingerprint density at radius 3 is 2.08 bits per heavy atom. The number of nitrogens with one attached hydrogen (secondary N) is 1. The van der Waals surface area contributed by atoms with Crippen LogP contribution >= 0.6 is 23.5 Å². The zero-order valence-corrected chi connectivity index (χ0v) is 26.6. The van der Waals surface area contributed by atoms with Crippen LogP contribution in [0.25, 0.3) is 0 Å². The van der Waals surface area contributed by atoms with Gasteiger partial charge in [-0.2, -0.15) is 0 Å². The van der Waals surface area contributed by atoms with Crippen molar-refractivity contribution in [2.24, 2.45) is 20.8 Å². The number of thioether (sulfide) groups is 2. The molecule has 2 aromatic carbocycles. The zero-order valence-electron chi connectivity index (χ0n) is 25.0. The van der Waals surface area contributed by atoms with E-state index in [1.807, 2.05) is 23.5 Å². The highest BCUT2D eigenvalue weighted by Gasteiger charge is 2.30. The summed E-state index contributed by atoms with van der Waals surface area (Å²) in [5.41, 5.74) is 5.71. The molecule has 2 aliphatic rings. The molecule has 6 heteroatoms. The van der Waals surface area contributed by atoms with Crippen molar-refractivity contribution in [3.63, 3.8) is 0 Å². The summed E-state index contributed by atoms with van der Waals surface area (Å²) in [6.45, 7) is 23.4. The maximum Gasteiger partial charge on any atom is 0.164 e. The number of hydrogen-bond donors (Lipinski definition) is 1. The normalized spacial score (nSPS) is 19.7. The first-order valence-electron chi connectivity index (χ1n) is 14.0. The fourth-order valence-electron chi connectivity index (χ4n) is 4.46. The van der Waals surface area contributed by atoms with Crippen LogP contribution in [0.3, 0.4) is 0 Å². The fourth-order valence-corrected chi connectivity index (χ4v) is 6.56. The molecule has 0 spiro atoms. The van der Waals surface area contributed by atoms with Crippen molar-refractivity contribution >= 4 is 45.2 Å². The van der Waals surface area contributed by atoms with Crippen molar-refractivity contribution in [3.05, 3.63) is 59.7 Å². The average Bonchev–Trinajstić information content (AvgIpc) is 2.87. The molecule has 0 aromatic heterocycles. The Morgan fingerprint density at radius 1 is 0.868 bits per heavy atom. The number of amidine groups is 2. The van der Waals surface area contributed by atoms with E-state index in [4.69, 9.17) is 4.99 Å². The fraction of sp³-hybridized carbons (Fsp3) is 0.562. The SMILES string of the molecule is CC(C)c1ccccc1NC1=NCC(C)(C)CS1.CCN1CC(C)(C)CSC1=Nc1ccccc1C(C)C. The largest absolute Gasteiger partial charge is 0.351 e. The Bertz CT molecular complexity index is 1120. The Kier molecular flexibility index (Phi) is 10.8. The van der Waals surface area contributed by atoms with Crippen LogP contribution in [0.2, 0.25) is 0 Å². The van der Waals surface area contributed by atoms with E-state index in [9.17, 15) is 0 Å². The summed E-state index contributed by atoms with van der Waals surface area (Å²) < 4.78 is 0. The van der Waals surface area contributed by atoms with Crippen LogP contribution in [-0.2, 0) is 0 Å². The molecule has 0 atom stereocenters. The number of benzene rings is 2. The highest BCUT2D eigenvalue weighted by Crippen LogP contribution is 2.34. The van der Waals surface area contributed by atoms with Gasteiger partial charge in [0.15, 0.2) is 10.3 Å². The molecule has 4 rings (SSSR count). The summed E-state index contributed by atoms with van der Waals surface area (Å²) in [5.74, 6) is 3.31. The summed E-state index contributed by atoms with van der Waals surface area (Å²) in [6, 6.07) is 17.0. The summed E-state index contributed by atoms with van der Waals surface area (Å²) in [7, 11) is 0. The van der Waals surface area contributed by atoms with Gasteiger partial charge in [0.2, 0.25) is 0 Å². The smallest absolute Gasteiger partial charge is 0.164 e. The minimum atomic E-state index is 0.327. The number of para-hydroxylation sites is 2. The van der Waals surface area contributed by atoms with E-state index in [2.05, 4.69) is 126 Å². The van der Waals surface area contributed by atoms with Gasteiger partial charge in [0.1, 0.15) is 0 Å². The molecule has 1 fully saturated rings. The lowest BCUT2D eigenvalue weighted by molar-refractivity contribution is 0.285. The van der Waals surface area contributed by atoms with Gasteiger partial charge in [-0.3, -0.25) is 4.99 Å². The van der Waals surface area contributed by atoms with Crippen molar-refractivity contribution < 1.29 is 0 Å². The minimum Gasteiger partial charge on any atom is -0.351 e. The lowest BCUT2D eigenvalue weighted by Gasteiger charge is -2.39. The van der Waals surface area contributed by atoms with E-state index in [1.165, 1.54) is 22.0 Å². The summed E-state index contributed by atoms with van der Waals surface area (Å²) >= 11 is 3.72. The van der Waals surface area contributed by atoms with Gasteiger partial charge in [0, 0.05) is 36.8 Å². The van der Waals surface area contributed by atoms with Crippen LogP contribution < -0.4 is 5.32 Å². The molecule has 38 heavy (non-hydrogen) atoms. The first-order valence-corrected chi connectivity index (χ1v) is 16.0. The van der Waals surface area contributed by atoms with Crippen molar-refractivity contribution in [2.45, 2.75) is 74.1 Å². The van der Waals surface area contributed by atoms with Crippen LogP contribution in [0, 0.1) is 10.8 Å². The molecule has 0 amide bonds. The van der Waals surface area contributed by atoms with E-state index in [0.29, 0.717) is 22.7 Å². The predicted octanol–water partition coefficient (Wildman–Crippen LogP) is 9.24. The van der Waals surface area contributed by atoms with Crippen LogP contribution in [-0.4, -0.2) is 46.4 Å². The molecule has 0 saturated carbocycles. The Hall–Kier alpha value is -1.92. The van der Waals surface area contributed by atoms with E-state index < -0.39 is 0 Å². The Labute approximate surface area is 240 Å². The second-order valence-electron chi connectivity index (χ2n) is 12.5. The molecule has 2 aliphatic heterocycles. The maximum absolute atomic E-state index is 4.96. The molecule has 1 saturated heterocycles. The molecule has 4 nitrogen and oxygen atoms in total. The van der Waals surface area contributed by atoms with E-state index in [1.54, 1.807) is 0 Å². The third kappa shape index (κ3) is 8.81. The second kappa shape index (κ2) is 13.4. The van der Waals surface area contributed by atoms with Gasteiger partial charge in [0.05, 0.1) is 5.69 Å². The highest BCUT2D eigenvalue weighted by atomic mass is 32.2. The summed E-state index contributed by atoms with van der Waals surface area (Å²) in [4.78, 5) is 12.0. The molecular weight excluding hydrogens is 505 g/mol. The lowest BCUT2D eigenvalue weighted by Crippen LogP contribution is -2.43.